The van der Waals surface area contributed by atoms with Crippen molar-refractivity contribution in [3.8, 4) is 0 Å². The Hall–Kier alpha value is -0.590. The summed E-state index contributed by atoms with van der Waals surface area (Å²) in [5.41, 5.74) is 2.92. The summed E-state index contributed by atoms with van der Waals surface area (Å²) in [7, 11) is 1.86. The lowest BCUT2D eigenvalue weighted by Crippen LogP contribution is -2.60. The van der Waals surface area contributed by atoms with Gasteiger partial charge in [0.1, 0.15) is 0 Å². The number of thioether (sulfide) groups is 1. The summed E-state index contributed by atoms with van der Waals surface area (Å²) < 4.78 is 11.1. The molecule has 0 aromatic heterocycles. The number of benzene rings is 1. The summed E-state index contributed by atoms with van der Waals surface area (Å²) in [6.45, 7) is 10.1. The first-order chi connectivity index (χ1) is 15.3. The van der Waals surface area contributed by atoms with Gasteiger partial charge < -0.3 is 20.1 Å². The monoisotopic (exact) mass is 575 g/mol. The molecule has 3 fully saturated rings. The molecule has 7 nitrogen and oxygen atoms in total. The molecule has 1 atom stereocenters. The van der Waals surface area contributed by atoms with Crippen molar-refractivity contribution in [2.45, 2.75) is 25.0 Å². The topological polar surface area (TPSA) is 61.4 Å². The molecule has 9 heteroatoms. The van der Waals surface area contributed by atoms with Crippen LogP contribution in [0.15, 0.2) is 29.3 Å². The number of hydrogen-bond donors (Lipinski definition) is 2. The van der Waals surface area contributed by atoms with E-state index in [-0.39, 0.29) is 29.5 Å². The van der Waals surface area contributed by atoms with Crippen LogP contribution in [0.4, 0.5) is 0 Å². The molecule has 32 heavy (non-hydrogen) atoms. The lowest BCUT2D eigenvalue weighted by Gasteiger charge is -2.43. The molecule has 3 saturated heterocycles. The smallest absolute Gasteiger partial charge is 0.191 e. The average molecular weight is 576 g/mol. The zero-order valence-electron chi connectivity index (χ0n) is 19.2. The van der Waals surface area contributed by atoms with Crippen molar-refractivity contribution < 1.29 is 9.47 Å². The first-order valence-electron chi connectivity index (χ1n) is 11.5. The van der Waals surface area contributed by atoms with E-state index in [1.165, 1.54) is 29.1 Å². The van der Waals surface area contributed by atoms with Gasteiger partial charge in [-0.3, -0.25) is 14.8 Å². The molecule has 180 valence electrons. The minimum Gasteiger partial charge on any atom is -0.379 e. The highest BCUT2D eigenvalue weighted by Crippen LogP contribution is 2.33. The number of ether oxygens (including phenoxy) is 2. The number of nitrogens with zero attached hydrogens (tertiary/aromatic N) is 3. The van der Waals surface area contributed by atoms with Crippen LogP contribution in [-0.2, 0) is 22.6 Å². The van der Waals surface area contributed by atoms with Gasteiger partial charge >= 0.3 is 0 Å². The Morgan fingerprint density at radius 1 is 1.03 bits per heavy atom. The quantitative estimate of drug-likeness (QED) is 0.293. The van der Waals surface area contributed by atoms with E-state index in [1.807, 2.05) is 7.05 Å². The van der Waals surface area contributed by atoms with Gasteiger partial charge in [0.2, 0.25) is 0 Å². The van der Waals surface area contributed by atoms with E-state index in [9.17, 15) is 0 Å². The molecule has 0 spiro atoms. The zero-order chi connectivity index (χ0) is 21.4. The summed E-state index contributed by atoms with van der Waals surface area (Å²) >= 11 is 2.07. The highest BCUT2D eigenvalue weighted by Gasteiger charge is 2.40. The fourth-order valence-corrected chi connectivity index (χ4v) is 6.14. The number of rotatable bonds is 7. The van der Waals surface area contributed by atoms with E-state index >= 15 is 0 Å². The molecule has 0 aliphatic carbocycles. The Bertz CT molecular complexity index is 720. The average Bonchev–Trinajstić information content (AvgIpc) is 3.32. The summed E-state index contributed by atoms with van der Waals surface area (Å²) in [5.74, 6) is 3.30. The van der Waals surface area contributed by atoms with Crippen LogP contribution >= 0.6 is 35.7 Å². The Morgan fingerprint density at radius 2 is 1.72 bits per heavy atom. The standard InChI is InChI=1S/C23H37N5O2S.HI/c1-24-22(26-18-23(6-15-31-19-23)28-9-13-30-14-10-28)25-16-20-4-2-3-5-21(20)17-27-7-11-29-12-8-27;/h2-5H,6-19H2,1H3,(H2,24,25,26);1H. The number of halogens is 1. The fraction of sp³-hybridized carbons (Fsp3) is 0.696. The second kappa shape index (κ2) is 13.3. The number of morpholine rings is 2. The molecule has 1 aromatic carbocycles. The maximum Gasteiger partial charge on any atom is 0.191 e. The van der Waals surface area contributed by atoms with E-state index < -0.39 is 0 Å². The summed E-state index contributed by atoms with van der Waals surface area (Å²) in [6, 6.07) is 8.72. The van der Waals surface area contributed by atoms with Crippen LogP contribution in [0.5, 0.6) is 0 Å². The van der Waals surface area contributed by atoms with Crippen molar-refractivity contribution in [1.29, 1.82) is 0 Å². The van der Waals surface area contributed by atoms with Crippen LogP contribution in [-0.4, -0.2) is 99.0 Å². The van der Waals surface area contributed by atoms with Crippen LogP contribution in [0.3, 0.4) is 0 Å². The van der Waals surface area contributed by atoms with Gasteiger partial charge in [0.15, 0.2) is 5.96 Å². The molecule has 0 radical (unpaired) electrons. The third kappa shape index (κ3) is 6.96. The molecule has 1 unspecified atom stereocenters. The van der Waals surface area contributed by atoms with Crippen LogP contribution in [0.2, 0.25) is 0 Å². The molecule has 1 aromatic rings. The Morgan fingerprint density at radius 3 is 2.38 bits per heavy atom. The van der Waals surface area contributed by atoms with Gasteiger partial charge in [0.05, 0.1) is 26.4 Å². The van der Waals surface area contributed by atoms with Crippen molar-refractivity contribution in [2.75, 3.05) is 77.7 Å². The highest BCUT2D eigenvalue weighted by atomic mass is 127. The summed E-state index contributed by atoms with van der Waals surface area (Å²) in [6.07, 6.45) is 1.23. The number of nitrogens with one attached hydrogen (secondary N) is 2. The van der Waals surface area contributed by atoms with Crippen LogP contribution in [0.25, 0.3) is 0 Å². The fourth-order valence-electron chi connectivity index (χ4n) is 4.67. The Labute approximate surface area is 214 Å². The maximum atomic E-state index is 5.59. The molecule has 3 aliphatic rings. The molecule has 4 rings (SSSR count). The molecule has 3 aliphatic heterocycles. The van der Waals surface area contributed by atoms with E-state index in [1.54, 1.807) is 0 Å². The van der Waals surface area contributed by atoms with Gasteiger partial charge in [-0.25, -0.2) is 0 Å². The Balaban J connectivity index is 0.00000289. The van der Waals surface area contributed by atoms with Crippen LogP contribution in [0, 0.1) is 0 Å². The minimum absolute atomic E-state index is 0. The molecule has 0 saturated carbocycles. The zero-order valence-corrected chi connectivity index (χ0v) is 22.3. The lowest BCUT2D eigenvalue weighted by atomic mass is 9.95. The first-order valence-corrected chi connectivity index (χ1v) is 12.7. The second-order valence-electron chi connectivity index (χ2n) is 8.56. The summed E-state index contributed by atoms with van der Waals surface area (Å²) in [5, 5.41) is 7.19. The minimum atomic E-state index is 0. The third-order valence-corrected chi connectivity index (χ3v) is 7.87. The van der Waals surface area contributed by atoms with Crippen molar-refractivity contribution in [2.24, 2.45) is 4.99 Å². The predicted octanol–water partition coefficient (Wildman–Crippen LogP) is 2.01. The molecule has 0 bridgehead atoms. The highest BCUT2D eigenvalue weighted by molar-refractivity contribution is 14.0. The van der Waals surface area contributed by atoms with Gasteiger partial charge in [-0.2, -0.15) is 11.8 Å². The van der Waals surface area contributed by atoms with Crippen molar-refractivity contribution in [3.63, 3.8) is 0 Å². The maximum absolute atomic E-state index is 5.59. The van der Waals surface area contributed by atoms with Crippen LogP contribution < -0.4 is 10.6 Å². The Kier molecular flexibility index (Phi) is 10.8. The van der Waals surface area contributed by atoms with Crippen molar-refractivity contribution >= 4 is 41.7 Å². The van der Waals surface area contributed by atoms with Crippen LogP contribution in [0.1, 0.15) is 17.5 Å². The summed E-state index contributed by atoms with van der Waals surface area (Å²) in [4.78, 5) is 9.61. The van der Waals surface area contributed by atoms with E-state index in [0.29, 0.717) is 0 Å². The number of guanidine groups is 1. The lowest BCUT2D eigenvalue weighted by molar-refractivity contribution is -0.0120. The van der Waals surface area contributed by atoms with E-state index in [4.69, 9.17) is 9.47 Å². The van der Waals surface area contributed by atoms with Gasteiger partial charge in [-0.05, 0) is 23.3 Å². The molecule has 0 amide bonds. The van der Waals surface area contributed by atoms with Gasteiger partial charge in [0.25, 0.3) is 0 Å². The first kappa shape index (κ1) is 26.0. The largest absolute Gasteiger partial charge is 0.379 e. The second-order valence-corrected chi connectivity index (χ2v) is 9.67. The van der Waals surface area contributed by atoms with Gasteiger partial charge in [-0.15, -0.1) is 24.0 Å². The third-order valence-electron chi connectivity index (χ3n) is 6.64. The van der Waals surface area contributed by atoms with E-state index in [0.717, 1.165) is 78.2 Å². The van der Waals surface area contributed by atoms with Crippen molar-refractivity contribution in [1.82, 2.24) is 20.4 Å². The SMILES string of the molecule is CN=C(NCc1ccccc1CN1CCOCC1)NCC1(N2CCOCC2)CCSC1.I. The molecular weight excluding hydrogens is 537 g/mol. The molecule has 2 N–H and O–H groups in total. The molecular formula is C23H38IN5O2S. The molecule has 3 heterocycles. The number of aliphatic imine (C=N–C) groups is 1. The van der Waals surface area contributed by atoms with Crippen molar-refractivity contribution in [3.05, 3.63) is 35.4 Å². The van der Waals surface area contributed by atoms with Gasteiger partial charge in [-0.1, -0.05) is 24.3 Å². The number of hydrogen-bond acceptors (Lipinski definition) is 6. The van der Waals surface area contributed by atoms with E-state index in [2.05, 4.69) is 61.5 Å². The normalized spacial score (nSPS) is 25.3. The predicted molar refractivity (Wildman–Crippen MR) is 143 cm³/mol. The van der Waals surface area contributed by atoms with Gasteiger partial charge in [0, 0.05) is 64.2 Å².